The Bertz CT molecular complexity index is 136. The number of hydrogen-bond donors (Lipinski definition) is 0. The molecular weight excluding hydrogens is 175 g/mol. The van der Waals surface area contributed by atoms with Crippen molar-refractivity contribution in [2.45, 2.75) is 64.5 Å². The van der Waals surface area contributed by atoms with Crippen LogP contribution in [0.25, 0.3) is 0 Å². The van der Waals surface area contributed by atoms with E-state index in [4.69, 9.17) is 0 Å². The summed E-state index contributed by atoms with van der Waals surface area (Å²) in [4.78, 5) is 0. The molecule has 1 heteroatoms. The molecule has 0 spiro atoms. The zero-order chi connectivity index (χ0) is 9.73. The van der Waals surface area contributed by atoms with E-state index in [1.807, 2.05) is 0 Å². The first-order valence-corrected chi connectivity index (χ1v) is 7.75. The average Bonchev–Trinajstić information content (AvgIpc) is 2.49. The summed E-state index contributed by atoms with van der Waals surface area (Å²) in [6.45, 7) is 7.13. The maximum Gasteiger partial charge on any atom is -0.00946 e. The molecule has 0 bridgehead atoms. The average molecular weight is 200 g/mol. The van der Waals surface area contributed by atoms with Crippen LogP contribution in [0.5, 0.6) is 0 Å². The number of rotatable bonds is 5. The van der Waals surface area contributed by atoms with E-state index in [0.717, 1.165) is 5.16 Å². The lowest BCUT2D eigenvalue weighted by atomic mass is 9.93. The van der Waals surface area contributed by atoms with Gasteiger partial charge in [-0.15, -0.1) is 7.92 Å². The van der Waals surface area contributed by atoms with E-state index in [1.54, 1.807) is 12.6 Å². The van der Waals surface area contributed by atoms with Crippen molar-refractivity contribution >= 4 is 7.92 Å². The van der Waals surface area contributed by atoms with E-state index in [1.165, 1.54) is 38.3 Å². The van der Waals surface area contributed by atoms with E-state index in [0.29, 0.717) is 7.92 Å². The highest BCUT2D eigenvalue weighted by Gasteiger charge is 2.39. The van der Waals surface area contributed by atoms with Gasteiger partial charge in [-0.25, -0.2) is 0 Å². The molecular formula is C12H25P. The molecule has 13 heavy (non-hydrogen) atoms. The lowest BCUT2D eigenvalue weighted by Gasteiger charge is -2.35. The minimum Gasteiger partial charge on any atom is -0.101 e. The van der Waals surface area contributed by atoms with Crippen LogP contribution in [0.4, 0.5) is 0 Å². The van der Waals surface area contributed by atoms with Crippen molar-refractivity contribution in [3.8, 4) is 0 Å². The van der Waals surface area contributed by atoms with Crippen molar-refractivity contribution < 1.29 is 0 Å². The molecule has 1 aliphatic rings. The maximum absolute atomic E-state index is 2.41. The van der Waals surface area contributed by atoms with Crippen LogP contribution in [-0.4, -0.2) is 17.5 Å². The molecule has 1 aliphatic heterocycles. The van der Waals surface area contributed by atoms with Gasteiger partial charge in [0, 0.05) is 0 Å². The third-order valence-electron chi connectivity index (χ3n) is 3.55. The molecule has 0 aromatic rings. The maximum atomic E-state index is 2.41. The molecule has 0 nitrogen and oxygen atoms in total. The molecule has 0 radical (unpaired) electrons. The Kier molecular flexibility index (Phi) is 4.73. The Balaban J connectivity index is 2.62. The predicted molar refractivity (Wildman–Crippen MR) is 64.1 cm³/mol. The highest BCUT2D eigenvalue weighted by Crippen LogP contribution is 2.62. The zero-order valence-electron chi connectivity index (χ0n) is 9.60. The molecule has 1 fully saturated rings. The fraction of sp³-hybridized carbons (Fsp3) is 1.00. The molecule has 1 saturated heterocycles. The van der Waals surface area contributed by atoms with Crippen LogP contribution >= 0.6 is 7.92 Å². The Hall–Kier alpha value is 0.430. The van der Waals surface area contributed by atoms with Gasteiger partial charge in [0.2, 0.25) is 0 Å². The van der Waals surface area contributed by atoms with E-state index in [-0.39, 0.29) is 0 Å². The van der Waals surface area contributed by atoms with E-state index in [2.05, 4.69) is 20.8 Å². The standard InChI is InChI=1S/C12H25P/c1-4-8-12(9-5-2)10-7-11-13(12)6-3/h4-11H2,1-3H3. The number of hydrogen-bond acceptors (Lipinski definition) is 0. The summed E-state index contributed by atoms with van der Waals surface area (Å²) in [5, 5.41) is 0.827. The summed E-state index contributed by atoms with van der Waals surface area (Å²) in [5.41, 5.74) is 0. The topological polar surface area (TPSA) is 0 Å². The van der Waals surface area contributed by atoms with Crippen LogP contribution < -0.4 is 0 Å². The Morgan fingerprint density at radius 2 is 1.69 bits per heavy atom. The van der Waals surface area contributed by atoms with Crippen LogP contribution in [0, 0.1) is 0 Å². The van der Waals surface area contributed by atoms with Crippen LogP contribution in [0.15, 0.2) is 0 Å². The molecule has 1 unspecified atom stereocenters. The van der Waals surface area contributed by atoms with Gasteiger partial charge in [0.25, 0.3) is 0 Å². The highest BCUT2D eigenvalue weighted by atomic mass is 31.1. The van der Waals surface area contributed by atoms with Crippen molar-refractivity contribution in [3.05, 3.63) is 0 Å². The predicted octanol–water partition coefficient (Wildman–Crippen LogP) is 4.62. The van der Waals surface area contributed by atoms with Crippen molar-refractivity contribution in [2.75, 3.05) is 12.3 Å². The molecule has 0 aliphatic carbocycles. The van der Waals surface area contributed by atoms with E-state index in [9.17, 15) is 0 Å². The van der Waals surface area contributed by atoms with E-state index < -0.39 is 0 Å². The smallest absolute Gasteiger partial charge is 0.00946 e. The Morgan fingerprint density at radius 1 is 1.08 bits per heavy atom. The molecule has 0 aromatic carbocycles. The molecule has 1 rings (SSSR count). The van der Waals surface area contributed by atoms with Crippen LogP contribution in [0.1, 0.15) is 59.3 Å². The largest absolute Gasteiger partial charge is 0.101 e. The molecule has 1 atom stereocenters. The van der Waals surface area contributed by atoms with Gasteiger partial charge in [-0.3, -0.25) is 0 Å². The zero-order valence-corrected chi connectivity index (χ0v) is 10.5. The fourth-order valence-corrected chi connectivity index (χ4v) is 6.66. The quantitative estimate of drug-likeness (QED) is 0.568. The molecule has 0 amide bonds. The van der Waals surface area contributed by atoms with Gasteiger partial charge >= 0.3 is 0 Å². The van der Waals surface area contributed by atoms with Gasteiger partial charge in [-0.1, -0.05) is 33.6 Å². The van der Waals surface area contributed by atoms with Crippen LogP contribution in [-0.2, 0) is 0 Å². The first-order chi connectivity index (χ1) is 6.29. The SMILES string of the molecule is CCCC1(CCC)CCCP1CC. The summed E-state index contributed by atoms with van der Waals surface area (Å²) in [7, 11) is 0.398. The molecule has 0 aromatic heterocycles. The van der Waals surface area contributed by atoms with Crippen LogP contribution in [0.3, 0.4) is 0 Å². The lowest BCUT2D eigenvalue weighted by molar-refractivity contribution is 0.466. The molecule has 0 saturated carbocycles. The van der Waals surface area contributed by atoms with Gasteiger partial charge in [0.1, 0.15) is 0 Å². The van der Waals surface area contributed by atoms with Crippen molar-refractivity contribution in [3.63, 3.8) is 0 Å². The van der Waals surface area contributed by atoms with Gasteiger partial charge < -0.3 is 0 Å². The van der Waals surface area contributed by atoms with Gasteiger partial charge in [0.15, 0.2) is 0 Å². The summed E-state index contributed by atoms with van der Waals surface area (Å²) in [6, 6.07) is 0. The fourth-order valence-electron chi connectivity index (χ4n) is 3.11. The Morgan fingerprint density at radius 3 is 2.15 bits per heavy atom. The van der Waals surface area contributed by atoms with E-state index >= 15 is 0 Å². The molecule has 1 heterocycles. The normalized spacial score (nSPS) is 26.5. The summed E-state index contributed by atoms with van der Waals surface area (Å²) >= 11 is 0. The molecule has 0 N–H and O–H groups in total. The van der Waals surface area contributed by atoms with Crippen molar-refractivity contribution in [2.24, 2.45) is 0 Å². The monoisotopic (exact) mass is 200 g/mol. The summed E-state index contributed by atoms with van der Waals surface area (Å²) in [6.07, 6.45) is 12.0. The second-order valence-corrected chi connectivity index (χ2v) is 7.52. The summed E-state index contributed by atoms with van der Waals surface area (Å²) in [5.74, 6) is 0. The van der Waals surface area contributed by atoms with Crippen molar-refractivity contribution in [1.82, 2.24) is 0 Å². The van der Waals surface area contributed by atoms with Crippen LogP contribution in [0.2, 0.25) is 0 Å². The molecule has 78 valence electrons. The second-order valence-electron chi connectivity index (χ2n) is 4.41. The Labute approximate surface area is 85.2 Å². The summed E-state index contributed by atoms with van der Waals surface area (Å²) < 4.78 is 0. The first-order valence-electron chi connectivity index (χ1n) is 6.04. The van der Waals surface area contributed by atoms with Gasteiger partial charge in [0.05, 0.1) is 0 Å². The minimum atomic E-state index is 0.398. The first kappa shape index (κ1) is 11.5. The second kappa shape index (κ2) is 5.35. The third-order valence-corrected chi connectivity index (χ3v) is 7.19. The van der Waals surface area contributed by atoms with Crippen molar-refractivity contribution in [1.29, 1.82) is 0 Å². The lowest BCUT2D eigenvalue weighted by Crippen LogP contribution is -2.23. The van der Waals surface area contributed by atoms with Gasteiger partial charge in [-0.05, 0) is 43.2 Å². The third kappa shape index (κ3) is 2.46. The highest BCUT2D eigenvalue weighted by molar-refractivity contribution is 7.59. The van der Waals surface area contributed by atoms with Gasteiger partial charge in [-0.2, -0.15) is 0 Å². The minimum absolute atomic E-state index is 0.398.